The number of benzene rings is 4. The van der Waals surface area contributed by atoms with Crippen LogP contribution in [0.2, 0.25) is 0 Å². The third-order valence-corrected chi connectivity index (χ3v) is 4.87. The highest BCUT2D eigenvalue weighted by Gasteiger charge is 2.12. The predicted octanol–water partition coefficient (Wildman–Crippen LogP) is 5.66. The summed E-state index contributed by atoms with van der Waals surface area (Å²) < 4.78 is 0. The van der Waals surface area contributed by atoms with Crippen molar-refractivity contribution in [2.75, 3.05) is 0 Å². The molecular weight excluding hydrogens is 358 g/mol. The molecule has 0 radical (unpaired) electrons. The van der Waals surface area contributed by atoms with Gasteiger partial charge in [-0.25, -0.2) is 0 Å². The largest absolute Gasteiger partial charge is 0.507 e. The summed E-state index contributed by atoms with van der Waals surface area (Å²) in [5.74, 6) is 0.114. The number of carbonyl (C=O) groups excluding carboxylic acids is 1. The Hall–Kier alpha value is -3.85. The fraction of sp³-hybridized carbons (Fsp3) is 0.0385. The molecule has 0 aromatic heterocycles. The van der Waals surface area contributed by atoms with E-state index in [1.54, 1.807) is 12.1 Å². The van der Waals surface area contributed by atoms with Gasteiger partial charge in [0.15, 0.2) is 0 Å². The third kappa shape index (κ3) is 4.19. The first-order valence-electron chi connectivity index (χ1n) is 9.52. The van der Waals surface area contributed by atoms with E-state index in [1.165, 1.54) is 0 Å². The average Bonchev–Trinajstić information content (AvgIpc) is 2.79. The number of amides is 1. The molecule has 142 valence electrons. The number of rotatable bonds is 5. The molecule has 4 rings (SSSR count). The molecule has 3 heteroatoms. The van der Waals surface area contributed by atoms with Gasteiger partial charge in [-0.1, -0.05) is 91.0 Å². The van der Waals surface area contributed by atoms with Crippen molar-refractivity contribution in [2.45, 2.75) is 6.54 Å². The van der Waals surface area contributed by atoms with E-state index in [2.05, 4.69) is 5.32 Å². The maximum Gasteiger partial charge on any atom is 0.251 e. The van der Waals surface area contributed by atoms with Crippen LogP contribution < -0.4 is 5.32 Å². The Morgan fingerprint density at radius 3 is 1.83 bits per heavy atom. The van der Waals surface area contributed by atoms with Crippen molar-refractivity contribution in [3.8, 4) is 28.0 Å². The fourth-order valence-electron chi connectivity index (χ4n) is 3.31. The van der Waals surface area contributed by atoms with Crippen molar-refractivity contribution in [2.24, 2.45) is 0 Å². The summed E-state index contributed by atoms with van der Waals surface area (Å²) in [4.78, 5) is 12.4. The zero-order chi connectivity index (χ0) is 20.1. The zero-order valence-corrected chi connectivity index (χ0v) is 15.9. The molecule has 29 heavy (non-hydrogen) atoms. The van der Waals surface area contributed by atoms with Crippen LogP contribution in [0.25, 0.3) is 22.3 Å². The molecule has 0 bridgehead atoms. The second-order valence-corrected chi connectivity index (χ2v) is 6.81. The molecule has 0 atom stereocenters. The van der Waals surface area contributed by atoms with Crippen LogP contribution in [-0.4, -0.2) is 11.0 Å². The summed E-state index contributed by atoms with van der Waals surface area (Å²) in [6.45, 7) is 0.487. The van der Waals surface area contributed by atoms with E-state index < -0.39 is 0 Å². The molecule has 0 aliphatic rings. The molecule has 0 spiro atoms. The van der Waals surface area contributed by atoms with Crippen molar-refractivity contribution >= 4 is 5.91 Å². The second-order valence-electron chi connectivity index (χ2n) is 6.81. The topological polar surface area (TPSA) is 49.3 Å². The molecule has 0 aliphatic carbocycles. The summed E-state index contributed by atoms with van der Waals surface area (Å²) in [5.41, 5.74) is 4.99. The van der Waals surface area contributed by atoms with Crippen LogP contribution in [0.5, 0.6) is 5.75 Å². The van der Waals surface area contributed by atoms with Crippen LogP contribution in [0.3, 0.4) is 0 Å². The molecule has 2 N–H and O–H groups in total. The minimum Gasteiger partial charge on any atom is -0.507 e. The second kappa shape index (κ2) is 8.44. The Kier molecular flexibility index (Phi) is 5.39. The fourth-order valence-corrected chi connectivity index (χ4v) is 3.31. The molecule has 0 heterocycles. The standard InChI is InChI=1S/C26H21NO2/c28-25-23(20-10-5-2-6-11-20)12-7-13-24(25)21-14-16-22(17-15-21)26(29)27-18-19-8-3-1-4-9-19/h1-17,28H,18H2,(H,27,29). The van der Waals surface area contributed by atoms with E-state index >= 15 is 0 Å². The van der Waals surface area contributed by atoms with Gasteiger partial charge >= 0.3 is 0 Å². The summed E-state index contributed by atoms with van der Waals surface area (Å²) in [6.07, 6.45) is 0. The number of nitrogens with one attached hydrogen (secondary N) is 1. The lowest BCUT2D eigenvalue weighted by molar-refractivity contribution is 0.0951. The first-order valence-corrected chi connectivity index (χ1v) is 9.52. The zero-order valence-electron chi connectivity index (χ0n) is 15.9. The van der Waals surface area contributed by atoms with Gasteiger partial charge in [-0.3, -0.25) is 4.79 Å². The van der Waals surface area contributed by atoms with Crippen molar-refractivity contribution < 1.29 is 9.90 Å². The summed E-state index contributed by atoms with van der Waals surface area (Å²) in [7, 11) is 0. The SMILES string of the molecule is O=C(NCc1ccccc1)c1ccc(-c2cccc(-c3ccccc3)c2O)cc1. The van der Waals surface area contributed by atoms with Crippen molar-refractivity contribution in [3.63, 3.8) is 0 Å². The Bertz CT molecular complexity index is 1100. The van der Waals surface area contributed by atoms with Crippen LogP contribution in [0, 0.1) is 0 Å². The lowest BCUT2D eigenvalue weighted by Gasteiger charge is -2.11. The normalized spacial score (nSPS) is 10.5. The van der Waals surface area contributed by atoms with Gasteiger partial charge in [-0.2, -0.15) is 0 Å². The average molecular weight is 379 g/mol. The van der Waals surface area contributed by atoms with Gasteiger partial charge in [0.2, 0.25) is 0 Å². The van der Waals surface area contributed by atoms with Crippen LogP contribution in [0.4, 0.5) is 0 Å². The monoisotopic (exact) mass is 379 g/mol. The van der Waals surface area contributed by atoms with E-state index in [0.29, 0.717) is 12.1 Å². The van der Waals surface area contributed by atoms with Crippen molar-refractivity contribution in [1.82, 2.24) is 5.32 Å². The molecular formula is C26H21NO2. The minimum atomic E-state index is -0.123. The lowest BCUT2D eigenvalue weighted by atomic mass is 9.97. The third-order valence-electron chi connectivity index (χ3n) is 4.87. The number of hydrogen-bond acceptors (Lipinski definition) is 2. The van der Waals surface area contributed by atoms with E-state index in [-0.39, 0.29) is 11.7 Å². The molecule has 0 unspecified atom stereocenters. The molecule has 4 aromatic rings. The van der Waals surface area contributed by atoms with E-state index in [4.69, 9.17) is 0 Å². The maximum absolute atomic E-state index is 12.4. The van der Waals surface area contributed by atoms with Crippen LogP contribution >= 0.6 is 0 Å². The molecule has 0 aliphatic heterocycles. The van der Waals surface area contributed by atoms with Crippen LogP contribution in [-0.2, 0) is 6.54 Å². The summed E-state index contributed by atoms with van der Waals surface area (Å²) in [6, 6.07) is 32.6. The molecule has 1 amide bonds. The maximum atomic E-state index is 12.4. The van der Waals surface area contributed by atoms with Crippen LogP contribution in [0.1, 0.15) is 15.9 Å². The number of para-hydroxylation sites is 1. The van der Waals surface area contributed by atoms with E-state index in [9.17, 15) is 9.90 Å². The first-order chi connectivity index (χ1) is 14.2. The van der Waals surface area contributed by atoms with Crippen molar-refractivity contribution in [3.05, 3.63) is 114 Å². The van der Waals surface area contributed by atoms with Gasteiger partial charge in [0, 0.05) is 23.2 Å². The summed E-state index contributed by atoms with van der Waals surface area (Å²) in [5, 5.41) is 13.7. The van der Waals surface area contributed by atoms with Gasteiger partial charge in [0.25, 0.3) is 5.91 Å². The highest BCUT2D eigenvalue weighted by atomic mass is 16.3. The van der Waals surface area contributed by atoms with E-state index in [0.717, 1.165) is 27.8 Å². The number of phenols is 1. The van der Waals surface area contributed by atoms with Gasteiger partial charge < -0.3 is 10.4 Å². The number of phenolic OH excluding ortho intramolecular Hbond substituents is 1. The smallest absolute Gasteiger partial charge is 0.251 e. The van der Waals surface area contributed by atoms with Gasteiger partial charge in [-0.05, 0) is 28.8 Å². The van der Waals surface area contributed by atoms with Crippen LogP contribution in [0.15, 0.2) is 103 Å². The van der Waals surface area contributed by atoms with Gasteiger partial charge in [-0.15, -0.1) is 0 Å². The lowest BCUT2D eigenvalue weighted by Crippen LogP contribution is -2.22. The molecule has 3 nitrogen and oxygen atoms in total. The number of carbonyl (C=O) groups is 1. The molecule has 4 aromatic carbocycles. The first kappa shape index (κ1) is 18.5. The summed E-state index contributed by atoms with van der Waals surface area (Å²) >= 11 is 0. The highest BCUT2D eigenvalue weighted by molar-refractivity contribution is 5.95. The Morgan fingerprint density at radius 2 is 1.21 bits per heavy atom. The highest BCUT2D eigenvalue weighted by Crippen LogP contribution is 2.37. The Balaban J connectivity index is 1.53. The van der Waals surface area contributed by atoms with E-state index in [1.807, 2.05) is 91.0 Å². The molecule has 0 fully saturated rings. The number of hydrogen-bond donors (Lipinski definition) is 2. The molecule has 0 saturated heterocycles. The quantitative estimate of drug-likeness (QED) is 0.470. The van der Waals surface area contributed by atoms with Gasteiger partial charge in [0.1, 0.15) is 5.75 Å². The minimum absolute atomic E-state index is 0.123. The predicted molar refractivity (Wildman–Crippen MR) is 117 cm³/mol. The Labute approximate surface area is 170 Å². The molecule has 0 saturated carbocycles. The van der Waals surface area contributed by atoms with Crippen molar-refractivity contribution in [1.29, 1.82) is 0 Å². The van der Waals surface area contributed by atoms with Gasteiger partial charge in [0.05, 0.1) is 0 Å². The number of aromatic hydroxyl groups is 1. The Morgan fingerprint density at radius 1 is 0.655 bits per heavy atom.